The number of benzene rings is 1. The van der Waals surface area contributed by atoms with Crippen molar-refractivity contribution in [1.82, 2.24) is 0 Å². The first-order valence-electron chi connectivity index (χ1n) is 8.13. The van der Waals surface area contributed by atoms with E-state index in [-0.39, 0.29) is 12.5 Å². The number of methoxy groups -OCH3 is 1. The van der Waals surface area contributed by atoms with Gasteiger partial charge in [0.2, 0.25) is 0 Å². The number of hydrogen-bond acceptors (Lipinski definition) is 6. The van der Waals surface area contributed by atoms with Crippen LogP contribution in [-0.2, 0) is 18.8 Å². The van der Waals surface area contributed by atoms with Crippen LogP contribution >= 0.6 is 0 Å². The third-order valence-electron chi connectivity index (χ3n) is 4.48. The van der Waals surface area contributed by atoms with E-state index in [2.05, 4.69) is 10.1 Å². The molecule has 0 radical (unpaired) electrons. The topological polar surface area (TPSA) is 66.0 Å². The Labute approximate surface area is 143 Å². The number of carbonyl (C=O) groups excluding carboxylic acids is 1. The van der Waals surface area contributed by atoms with Crippen molar-refractivity contribution in [2.45, 2.75) is 45.8 Å². The zero-order valence-electron chi connectivity index (χ0n) is 15.3. The maximum Gasteiger partial charge on any atom is 0.494 e. The summed E-state index contributed by atoms with van der Waals surface area (Å²) in [4.78, 5) is 11.3. The van der Waals surface area contributed by atoms with Crippen molar-refractivity contribution in [1.29, 1.82) is 0 Å². The summed E-state index contributed by atoms with van der Waals surface area (Å²) in [5.41, 5.74) is 0.805. The molecule has 0 aromatic heterocycles. The molecule has 24 heavy (non-hydrogen) atoms. The van der Waals surface area contributed by atoms with Gasteiger partial charge in [-0.3, -0.25) is 4.79 Å². The highest BCUT2D eigenvalue weighted by Gasteiger charge is 2.51. The first-order chi connectivity index (χ1) is 11.2. The fourth-order valence-electron chi connectivity index (χ4n) is 2.33. The second-order valence-corrected chi connectivity index (χ2v) is 6.71. The van der Waals surface area contributed by atoms with Gasteiger partial charge in [0, 0.05) is 0 Å². The average Bonchev–Trinajstić information content (AvgIpc) is 2.74. The summed E-state index contributed by atoms with van der Waals surface area (Å²) in [5, 5.41) is 3.02. The number of esters is 1. The molecule has 1 aromatic carbocycles. The van der Waals surface area contributed by atoms with Crippen molar-refractivity contribution in [2.75, 3.05) is 25.6 Å². The lowest BCUT2D eigenvalue weighted by Gasteiger charge is -2.32. The predicted octanol–water partition coefficient (Wildman–Crippen LogP) is 1.97. The van der Waals surface area contributed by atoms with Crippen LogP contribution < -0.4 is 15.5 Å². The number of rotatable bonds is 6. The van der Waals surface area contributed by atoms with Crippen molar-refractivity contribution >= 4 is 24.2 Å². The Hall–Kier alpha value is -1.73. The lowest BCUT2D eigenvalue weighted by molar-refractivity contribution is -0.138. The van der Waals surface area contributed by atoms with E-state index >= 15 is 0 Å². The molecule has 1 aliphatic rings. The highest BCUT2D eigenvalue weighted by atomic mass is 16.7. The maximum absolute atomic E-state index is 11.3. The van der Waals surface area contributed by atoms with Crippen LogP contribution in [0.4, 0.5) is 5.69 Å². The van der Waals surface area contributed by atoms with E-state index in [0.29, 0.717) is 12.4 Å². The normalized spacial score (nSPS) is 18.3. The van der Waals surface area contributed by atoms with Crippen LogP contribution in [0.5, 0.6) is 5.75 Å². The molecule has 1 saturated heterocycles. The minimum absolute atomic E-state index is 0.0758. The Bertz CT molecular complexity index is 587. The van der Waals surface area contributed by atoms with Gasteiger partial charge in [0.1, 0.15) is 12.3 Å². The third-order valence-corrected chi connectivity index (χ3v) is 4.48. The minimum atomic E-state index is -0.455. The molecule has 7 heteroatoms. The summed E-state index contributed by atoms with van der Waals surface area (Å²) in [6.45, 7) is 10.6. The van der Waals surface area contributed by atoms with Crippen LogP contribution in [0, 0.1) is 0 Å². The molecule has 0 unspecified atom stereocenters. The zero-order chi connectivity index (χ0) is 18.0. The molecule has 132 valence electrons. The van der Waals surface area contributed by atoms with Gasteiger partial charge in [0.25, 0.3) is 0 Å². The van der Waals surface area contributed by atoms with Crippen LogP contribution in [-0.4, -0.2) is 44.6 Å². The quantitative estimate of drug-likeness (QED) is 0.633. The Kier molecular flexibility index (Phi) is 5.45. The van der Waals surface area contributed by atoms with Crippen LogP contribution in [0.15, 0.2) is 18.2 Å². The summed E-state index contributed by atoms with van der Waals surface area (Å²) >= 11 is 0. The minimum Gasteiger partial charge on any atom is -0.492 e. The Morgan fingerprint density at radius 2 is 1.83 bits per heavy atom. The highest BCUT2D eigenvalue weighted by Crippen LogP contribution is 2.37. The first kappa shape index (κ1) is 18.6. The van der Waals surface area contributed by atoms with Crippen LogP contribution in [0.2, 0.25) is 0 Å². The van der Waals surface area contributed by atoms with Gasteiger partial charge in [0.05, 0.1) is 30.6 Å². The second kappa shape index (κ2) is 7.03. The number of hydrogen-bond donors (Lipinski definition) is 1. The van der Waals surface area contributed by atoms with Gasteiger partial charge in [-0.2, -0.15) is 0 Å². The van der Waals surface area contributed by atoms with Gasteiger partial charge < -0.3 is 24.1 Å². The molecule has 0 atom stereocenters. The van der Waals surface area contributed by atoms with E-state index in [1.807, 2.05) is 52.8 Å². The second-order valence-electron chi connectivity index (χ2n) is 6.71. The van der Waals surface area contributed by atoms with Crippen molar-refractivity contribution in [3.8, 4) is 5.75 Å². The van der Waals surface area contributed by atoms with Gasteiger partial charge >= 0.3 is 13.1 Å². The standard InChI is InChI=1S/C17H26BNO5/c1-7-22-14-10-12(8-9-13(14)19-11-15(20)21-6)18-23-16(2,3)17(4,5)24-18/h8-10,19H,7,11H2,1-6H3. The number of carbonyl (C=O) groups is 1. The molecule has 0 spiro atoms. The van der Waals surface area contributed by atoms with Crippen molar-refractivity contribution in [3.05, 3.63) is 18.2 Å². The van der Waals surface area contributed by atoms with Gasteiger partial charge in [-0.25, -0.2) is 0 Å². The molecule has 1 aliphatic heterocycles. The SMILES string of the molecule is CCOc1cc(B2OC(C)(C)C(C)(C)O2)ccc1NCC(=O)OC. The Morgan fingerprint density at radius 1 is 1.21 bits per heavy atom. The van der Waals surface area contributed by atoms with Crippen LogP contribution in [0.3, 0.4) is 0 Å². The lowest BCUT2D eigenvalue weighted by atomic mass is 9.79. The Morgan fingerprint density at radius 3 is 2.38 bits per heavy atom. The number of nitrogens with one attached hydrogen (secondary N) is 1. The van der Waals surface area contributed by atoms with E-state index in [0.717, 1.165) is 11.2 Å². The molecule has 1 fully saturated rings. The smallest absolute Gasteiger partial charge is 0.492 e. The van der Waals surface area contributed by atoms with Gasteiger partial charge in [-0.1, -0.05) is 6.07 Å². The first-order valence-corrected chi connectivity index (χ1v) is 8.13. The summed E-state index contributed by atoms with van der Waals surface area (Å²) in [6, 6.07) is 5.64. The molecule has 6 nitrogen and oxygen atoms in total. The molecular formula is C17H26BNO5. The van der Waals surface area contributed by atoms with Crippen molar-refractivity contribution < 1.29 is 23.6 Å². The van der Waals surface area contributed by atoms with E-state index in [4.69, 9.17) is 14.0 Å². The molecule has 1 heterocycles. The summed E-state index contributed by atoms with van der Waals surface area (Å²) in [7, 11) is 0.901. The summed E-state index contributed by atoms with van der Waals surface area (Å²) in [6.07, 6.45) is 0. The van der Waals surface area contributed by atoms with Crippen molar-refractivity contribution in [3.63, 3.8) is 0 Å². The van der Waals surface area contributed by atoms with Gasteiger partial charge in [-0.05, 0) is 52.2 Å². The van der Waals surface area contributed by atoms with Crippen LogP contribution in [0.25, 0.3) is 0 Å². The molecule has 1 aromatic rings. The largest absolute Gasteiger partial charge is 0.494 e. The number of anilines is 1. The fourth-order valence-corrected chi connectivity index (χ4v) is 2.33. The van der Waals surface area contributed by atoms with Crippen LogP contribution in [0.1, 0.15) is 34.6 Å². The molecule has 0 saturated carbocycles. The maximum atomic E-state index is 11.3. The van der Waals surface area contributed by atoms with E-state index in [1.165, 1.54) is 7.11 Å². The molecule has 0 aliphatic carbocycles. The average molecular weight is 335 g/mol. The van der Waals surface area contributed by atoms with E-state index < -0.39 is 18.3 Å². The Balaban J connectivity index is 2.21. The molecule has 2 rings (SSSR count). The third kappa shape index (κ3) is 3.84. The highest BCUT2D eigenvalue weighted by molar-refractivity contribution is 6.62. The zero-order valence-corrected chi connectivity index (χ0v) is 15.3. The van der Waals surface area contributed by atoms with Gasteiger partial charge in [-0.15, -0.1) is 0 Å². The van der Waals surface area contributed by atoms with Gasteiger partial charge in [0.15, 0.2) is 0 Å². The number of ether oxygens (including phenoxy) is 2. The summed E-state index contributed by atoms with van der Waals surface area (Å²) in [5.74, 6) is 0.307. The molecule has 0 bridgehead atoms. The summed E-state index contributed by atoms with van der Waals surface area (Å²) < 4.78 is 22.5. The fraction of sp³-hybridized carbons (Fsp3) is 0.588. The predicted molar refractivity (Wildman–Crippen MR) is 93.8 cm³/mol. The van der Waals surface area contributed by atoms with Crippen molar-refractivity contribution in [2.24, 2.45) is 0 Å². The monoisotopic (exact) mass is 335 g/mol. The van der Waals surface area contributed by atoms with E-state index in [1.54, 1.807) is 0 Å². The molecule has 1 N–H and O–H groups in total. The molecular weight excluding hydrogens is 309 g/mol. The lowest BCUT2D eigenvalue weighted by Crippen LogP contribution is -2.41. The van der Waals surface area contributed by atoms with E-state index in [9.17, 15) is 4.79 Å². The molecule has 0 amide bonds.